The molecule has 3 rings (SSSR count). The lowest BCUT2D eigenvalue weighted by Crippen LogP contribution is -2.50. The quantitative estimate of drug-likeness (QED) is 0.516. The number of aliphatic imine (C=N–C) groups is 1. The van der Waals surface area contributed by atoms with Gasteiger partial charge in [-0.2, -0.15) is 0 Å². The van der Waals surface area contributed by atoms with Crippen LogP contribution in [0.4, 0.5) is 5.69 Å². The van der Waals surface area contributed by atoms with E-state index in [9.17, 15) is 9.59 Å². The Labute approximate surface area is 103 Å². The van der Waals surface area contributed by atoms with Crippen molar-refractivity contribution in [2.75, 3.05) is 0 Å². The minimum absolute atomic E-state index is 0.125. The van der Waals surface area contributed by atoms with Gasteiger partial charge in [0.25, 0.3) is 0 Å². The Kier molecular flexibility index (Phi) is 2.08. The number of ketones is 1. The van der Waals surface area contributed by atoms with Crippen LogP contribution in [0.3, 0.4) is 0 Å². The maximum absolute atomic E-state index is 12.2. The van der Waals surface area contributed by atoms with Crippen molar-refractivity contribution < 1.29 is 19.1 Å². The van der Waals surface area contributed by atoms with Gasteiger partial charge in [0.15, 0.2) is 11.7 Å². The summed E-state index contributed by atoms with van der Waals surface area (Å²) in [6, 6.07) is 6.87. The molecule has 92 valence electrons. The molecule has 1 atom stereocenters. The molecule has 1 saturated heterocycles. The van der Waals surface area contributed by atoms with Gasteiger partial charge in [0.05, 0.1) is 5.69 Å². The second kappa shape index (κ2) is 3.41. The van der Waals surface area contributed by atoms with E-state index in [0.717, 1.165) is 0 Å². The van der Waals surface area contributed by atoms with Crippen molar-refractivity contribution in [3.63, 3.8) is 0 Å². The van der Waals surface area contributed by atoms with E-state index in [2.05, 4.69) is 4.99 Å². The minimum atomic E-state index is -1.08. The number of fused-ring (bicyclic) bond motifs is 2. The van der Waals surface area contributed by atoms with Gasteiger partial charge >= 0.3 is 5.97 Å². The molecule has 0 radical (unpaired) electrons. The predicted molar refractivity (Wildman–Crippen MR) is 62.6 cm³/mol. The summed E-state index contributed by atoms with van der Waals surface area (Å²) in [5, 5.41) is 0. The van der Waals surface area contributed by atoms with Crippen molar-refractivity contribution >= 4 is 23.3 Å². The summed E-state index contributed by atoms with van der Waals surface area (Å²) in [7, 11) is 0. The maximum Gasteiger partial charge on any atom is 0.329 e. The molecule has 0 bridgehead atoms. The van der Waals surface area contributed by atoms with E-state index in [4.69, 9.17) is 9.47 Å². The molecule has 5 heteroatoms. The molecule has 0 amide bonds. The van der Waals surface area contributed by atoms with Crippen LogP contribution in [-0.4, -0.2) is 23.4 Å². The first kappa shape index (κ1) is 11.0. The number of ether oxygens (including phenoxy) is 2. The first-order valence-corrected chi connectivity index (χ1v) is 5.62. The van der Waals surface area contributed by atoms with E-state index < -0.39 is 17.7 Å². The second-order valence-corrected chi connectivity index (χ2v) is 4.69. The Morgan fingerprint density at radius 2 is 1.89 bits per heavy atom. The van der Waals surface area contributed by atoms with E-state index >= 15 is 0 Å². The molecule has 5 nitrogen and oxygen atoms in total. The third-order valence-electron chi connectivity index (χ3n) is 2.84. The highest BCUT2D eigenvalue weighted by molar-refractivity contribution is 6.26. The molecular formula is C13H11NO4. The smallest absolute Gasteiger partial charge is 0.329 e. The third kappa shape index (κ3) is 1.51. The van der Waals surface area contributed by atoms with Crippen molar-refractivity contribution in [3.8, 4) is 0 Å². The summed E-state index contributed by atoms with van der Waals surface area (Å²) in [6.45, 7) is 3.21. The summed E-state index contributed by atoms with van der Waals surface area (Å²) in [4.78, 5) is 28.3. The number of carbonyl (C=O) groups excluding carboxylic acids is 2. The highest BCUT2D eigenvalue weighted by Gasteiger charge is 2.48. The lowest BCUT2D eigenvalue weighted by atomic mass is 9.92. The standard InChI is InChI=1S/C13H11NO4/c1-13(2)17-11-9(12(16)18-13)10(15)7-5-3-4-6-8(7)14-11/h3-6,9H,1-2H3. The topological polar surface area (TPSA) is 65.0 Å². The van der Waals surface area contributed by atoms with Gasteiger partial charge in [-0.05, 0) is 12.1 Å². The summed E-state index contributed by atoms with van der Waals surface area (Å²) in [6.07, 6.45) is 0. The number of rotatable bonds is 0. The lowest BCUT2D eigenvalue weighted by molar-refractivity contribution is -0.203. The molecule has 1 fully saturated rings. The van der Waals surface area contributed by atoms with Crippen molar-refractivity contribution in [3.05, 3.63) is 29.8 Å². The number of nitrogens with zero attached hydrogens (tertiary/aromatic N) is 1. The van der Waals surface area contributed by atoms with Crippen LogP contribution < -0.4 is 0 Å². The van der Waals surface area contributed by atoms with Crippen LogP contribution in [0.15, 0.2) is 29.3 Å². The largest absolute Gasteiger partial charge is 0.438 e. The Morgan fingerprint density at radius 3 is 2.67 bits per heavy atom. The molecule has 2 aliphatic heterocycles. The Hall–Kier alpha value is -2.17. The molecule has 0 aliphatic carbocycles. The van der Waals surface area contributed by atoms with Crippen LogP contribution in [0, 0.1) is 5.92 Å². The Morgan fingerprint density at radius 1 is 1.17 bits per heavy atom. The fourth-order valence-electron chi connectivity index (χ4n) is 2.09. The zero-order chi connectivity index (χ0) is 12.9. The first-order valence-electron chi connectivity index (χ1n) is 5.62. The number of benzene rings is 1. The van der Waals surface area contributed by atoms with Crippen LogP contribution in [0.25, 0.3) is 0 Å². The number of carbonyl (C=O) groups is 2. The number of esters is 1. The monoisotopic (exact) mass is 245 g/mol. The molecule has 0 saturated carbocycles. The number of hydrogen-bond donors (Lipinski definition) is 0. The van der Waals surface area contributed by atoms with E-state index in [1.165, 1.54) is 0 Å². The van der Waals surface area contributed by atoms with Crippen LogP contribution >= 0.6 is 0 Å². The summed E-state index contributed by atoms with van der Waals surface area (Å²) >= 11 is 0. The average Bonchev–Trinajstić information content (AvgIpc) is 2.26. The molecule has 1 aromatic carbocycles. The molecule has 0 aromatic heterocycles. The molecule has 18 heavy (non-hydrogen) atoms. The van der Waals surface area contributed by atoms with E-state index in [1.807, 2.05) is 0 Å². The zero-order valence-corrected chi connectivity index (χ0v) is 9.97. The molecule has 2 heterocycles. The van der Waals surface area contributed by atoms with Crippen LogP contribution in [-0.2, 0) is 14.3 Å². The van der Waals surface area contributed by atoms with Crippen molar-refractivity contribution in [1.82, 2.24) is 0 Å². The van der Waals surface area contributed by atoms with Gasteiger partial charge in [-0.25, -0.2) is 4.99 Å². The lowest BCUT2D eigenvalue weighted by Gasteiger charge is -2.36. The number of cyclic esters (lactones) is 1. The van der Waals surface area contributed by atoms with Gasteiger partial charge in [0, 0.05) is 19.4 Å². The first-order chi connectivity index (χ1) is 8.48. The fraction of sp³-hybridized carbons (Fsp3) is 0.308. The van der Waals surface area contributed by atoms with Gasteiger partial charge in [0.2, 0.25) is 11.7 Å². The van der Waals surface area contributed by atoms with E-state index in [1.54, 1.807) is 38.1 Å². The SMILES string of the molecule is CC1(C)OC(=O)C2C(=O)c3ccccc3N=C2O1. The third-order valence-corrected chi connectivity index (χ3v) is 2.84. The number of Topliss-reactive ketones (excluding diaryl/α,β-unsaturated/α-hetero) is 1. The second-order valence-electron chi connectivity index (χ2n) is 4.69. The van der Waals surface area contributed by atoms with Crippen LogP contribution in [0.1, 0.15) is 24.2 Å². The highest BCUT2D eigenvalue weighted by Crippen LogP contribution is 2.34. The molecular weight excluding hydrogens is 234 g/mol. The Balaban J connectivity index is 2.14. The minimum Gasteiger partial charge on any atom is -0.438 e. The molecule has 2 aliphatic rings. The Bertz CT molecular complexity index is 588. The average molecular weight is 245 g/mol. The highest BCUT2D eigenvalue weighted by atomic mass is 16.7. The predicted octanol–water partition coefficient (Wildman–Crippen LogP) is 1.84. The molecule has 1 unspecified atom stereocenters. The normalized spacial score (nSPS) is 24.3. The van der Waals surface area contributed by atoms with Gasteiger partial charge in [-0.3, -0.25) is 9.59 Å². The summed E-state index contributed by atoms with van der Waals surface area (Å²) in [5.74, 6) is -2.95. The summed E-state index contributed by atoms with van der Waals surface area (Å²) in [5.41, 5.74) is 0.950. The van der Waals surface area contributed by atoms with Gasteiger partial charge in [-0.15, -0.1) is 0 Å². The number of hydrogen-bond acceptors (Lipinski definition) is 5. The summed E-state index contributed by atoms with van der Waals surface area (Å²) < 4.78 is 10.5. The fourth-order valence-corrected chi connectivity index (χ4v) is 2.09. The number of para-hydroxylation sites is 1. The van der Waals surface area contributed by atoms with Gasteiger partial charge in [-0.1, -0.05) is 12.1 Å². The van der Waals surface area contributed by atoms with Crippen LogP contribution in [0.2, 0.25) is 0 Å². The molecule has 1 aromatic rings. The maximum atomic E-state index is 12.2. The molecule has 0 spiro atoms. The van der Waals surface area contributed by atoms with Crippen molar-refractivity contribution in [1.29, 1.82) is 0 Å². The molecule has 0 N–H and O–H groups in total. The van der Waals surface area contributed by atoms with Crippen molar-refractivity contribution in [2.24, 2.45) is 10.9 Å². The van der Waals surface area contributed by atoms with Crippen LogP contribution in [0.5, 0.6) is 0 Å². The van der Waals surface area contributed by atoms with E-state index in [-0.39, 0.29) is 11.7 Å². The van der Waals surface area contributed by atoms with Gasteiger partial charge in [0.1, 0.15) is 0 Å². The van der Waals surface area contributed by atoms with Gasteiger partial charge < -0.3 is 9.47 Å². The zero-order valence-electron chi connectivity index (χ0n) is 9.97. The van der Waals surface area contributed by atoms with E-state index in [0.29, 0.717) is 11.3 Å². The van der Waals surface area contributed by atoms with Crippen molar-refractivity contribution in [2.45, 2.75) is 19.6 Å².